The van der Waals surface area contributed by atoms with E-state index in [0.717, 1.165) is 5.56 Å². The first kappa shape index (κ1) is 18.1. The van der Waals surface area contributed by atoms with Crippen molar-refractivity contribution in [2.45, 2.75) is 6.54 Å². The van der Waals surface area contributed by atoms with E-state index < -0.39 is 0 Å². The van der Waals surface area contributed by atoms with E-state index in [-0.39, 0.29) is 12.5 Å². The van der Waals surface area contributed by atoms with Gasteiger partial charge in [-0.15, -0.1) is 0 Å². The summed E-state index contributed by atoms with van der Waals surface area (Å²) in [7, 11) is 5.01. The minimum absolute atomic E-state index is 0.105. The molecule has 0 fully saturated rings. The zero-order valence-electron chi connectivity index (χ0n) is 14.0. The van der Waals surface area contributed by atoms with Gasteiger partial charge in [0.2, 0.25) is 5.91 Å². The highest BCUT2D eigenvalue weighted by Crippen LogP contribution is 2.29. The van der Waals surface area contributed by atoms with Crippen LogP contribution in [0, 0.1) is 0 Å². The van der Waals surface area contributed by atoms with Crippen LogP contribution in [-0.4, -0.2) is 38.6 Å². The molecule has 0 aliphatic carbocycles. The molecule has 128 valence electrons. The van der Waals surface area contributed by atoms with Gasteiger partial charge in [0.05, 0.1) is 20.8 Å². The predicted molar refractivity (Wildman–Crippen MR) is 96.0 cm³/mol. The molecular weight excluding hydrogens is 328 g/mol. The van der Waals surface area contributed by atoms with Gasteiger partial charge in [-0.1, -0.05) is 23.7 Å². The normalized spacial score (nSPS) is 10.5. The zero-order chi connectivity index (χ0) is 17.5. The molecule has 0 aliphatic heterocycles. The van der Waals surface area contributed by atoms with Crippen LogP contribution in [0.4, 0.5) is 5.69 Å². The maximum atomic E-state index is 12.2. The van der Waals surface area contributed by atoms with Gasteiger partial charge in [-0.3, -0.25) is 9.69 Å². The average Bonchev–Trinajstić information content (AvgIpc) is 2.54. The Balaban J connectivity index is 1.92. The second kappa shape index (κ2) is 8.57. The number of carbonyl (C=O) groups excluding carboxylic acids is 1. The van der Waals surface area contributed by atoms with Gasteiger partial charge in [-0.2, -0.15) is 0 Å². The Labute approximate surface area is 147 Å². The first-order valence-electron chi connectivity index (χ1n) is 7.46. The fourth-order valence-corrected chi connectivity index (χ4v) is 2.58. The number of likely N-dealkylation sites (N-methyl/N-ethyl adjacent to an activating group) is 1. The maximum Gasteiger partial charge on any atom is 0.238 e. The molecule has 2 aromatic rings. The number of carbonyl (C=O) groups is 1. The largest absolute Gasteiger partial charge is 0.493 e. The van der Waals surface area contributed by atoms with Crippen molar-refractivity contribution in [2.75, 3.05) is 33.1 Å². The summed E-state index contributed by atoms with van der Waals surface area (Å²) in [5.41, 5.74) is 1.72. The smallest absolute Gasteiger partial charge is 0.238 e. The second-order valence-corrected chi connectivity index (χ2v) is 5.86. The van der Waals surface area contributed by atoms with E-state index >= 15 is 0 Å². The molecule has 24 heavy (non-hydrogen) atoms. The van der Waals surface area contributed by atoms with Crippen molar-refractivity contribution >= 4 is 23.2 Å². The van der Waals surface area contributed by atoms with Crippen LogP contribution in [0.1, 0.15) is 5.56 Å². The molecule has 0 heterocycles. The molecule has 2 rings (SSSR count). The number of hydrogen-bond donors (Lipinski definition) is 1. The summed E-state index contributed by atoms with van der Waals surface area (Å²) in [6.07, 6.45) is 0. The highest BCUT2D eigenvalue weighted by Gasteiger charge is 2.10. The van der Waals surface area contributed by atoms with Gasteiger partial charge < -0.3 is 14.8 Å². The van der Waals surface area contributed by atoms with Gasteiger partial charge in [-0.05, 0) is 36.9 Å². The van der Waals surface area contributed by atoms with E-state index in [9.17, 15) is 4.79 Å². The third-order valence-electron chi connectivity index (χ3n) is 3.42. The van der Waals surface area contributed by atoms with Crippen LogP contribution >= 0.6 is 11.6 Å². The van der Waals surface area contributed by atoms with Crippen LogP contribution in [0.3, 0.4) is 0 Å². The summed E-state index contributed by atoms with van der Waals surface area (Å²) in [6, 6.07) is 12.9. The van der Waals surface area contributed by atoms with Crippen LogP contribution in [0.2, 0.25) is 5.02 Å². The van der Waals surface area contributed by atoms with Crippen molar-refractivity contribution in [3.05, 3.63) is 53.1 Å². The monoisotopic (exact) mass is 348 g/mol. The highest BCUT2D eigenvalue weighted by molar-refractivity contribution is 6.30. The molecule has 0 spiro atoms. The van der Waals surface area contributed by atoms with Gasteiger partial charge in [0.25, 0.3) is 0 Å². The molecule has 0 radical (unpaired) electrons. The van der Waals surface area contributed by atoms with Gasteiger partial charge in [0.1, 0.15) is 0 Å². The number of hydrogen-bond acceptors (Lipinski definition) is 4. The molecule has 0 saturated heterocycles. The summed E-state index contributed by atoms with van der Waals surface area (Å²) >= 11 is 5.97. The Morgan fingerprint density at radius 2 is 1.88 bits per heavy atom. The predicted octanol–water partition coefficient (Wildman–Crippen LogP) is 3.43. The first-order chi connectivity index (χ1) is 11.5. The van der Waals surface area contributed by atoms with Gasteiger partial charge >= 0.3 is 0 Å². The fraction of sp³-hybridized carbons (Fsp3) is 0.278. The summed E-state index contributed by atoms with van der Waals surface area (Å²) in [5.74, 6) is 1.09. The molecule has 1 N–H and O–H groups in total. The highest BCUT2D eigenvalue weighted by atomic mass is 35.5. The number of nitrogens with one attached hydrogen (secondary N) is 1. The van der Waals surface area contributed by atoms with Gasteiger partial charge in [0.15, 0.2) is 11.5 Å². The molecule has 0 aromatic heterocycles. The second-order valence-electron chi connectivity index (χ2n) is 5.42. The molecule has 6 heteroatoms. The molecule has 2 aromatic carbocycles. The van der Waals surface area contributed by atoms with E-state index in [1.165, 1.54) is 0 Å². The Hall–Kier alpha value is -2.24. The lowest BCUT2D eigenvalue weighted by molar-refractivity contribution is -0.117. The van der Waals surface area contributed by atoms with E-state index in [0.29, 0.717) is 28.8 Å². The van der Waals surface area contributed by atoms with Crippen LogP contribution in [0.15, 0.2) is 42.5 Å². The third kappa shape index (κ3) is 5.15. The number of ether oxygens (including phenoxy) is 2. The van der Waals surface area contributed by atoms with Crippen molar-refractivity contribution in [3.63, 3.8) is 0 Å². The van der Waals surface area contributed by atoms with Crippen LogP contribution in [0.5, 0.6) is 11.5 Å². The first-order valence-corrected chi connectivity index (χ1v) is 7.84. The number of halogens is 1. The van der Waals surface area contributed by atoms with E-state index in [4.69, 9.17) is 21.1 Å². The molecule has 1 amide bonds. The summed E-state index contributed by atoms with van der Waals surface area (Å²) in [5, 5.41) is 3.54. The van der Waals surface area contributed by atoms with Gasteiger partial charge in [0, 0.05) is 23.3 Å². The lowest BCUT2D eigenvalue weighted by Gasteiger charge is -2.17. The minimum atomic E-state index is -0.105. The lowest BCUT2D eigenvalue weighted by Crippen LogP contribution is -2.29. The summed E-state index contributed by atoms with van der Waals surface area (Å²) < 4.78 is 10.4. The lowest BCUT2D eigenvalue weighted by atomic mass is 10.2. The number of amides is 1. The topological polar surface area (TPSA) is 50.8 Å². The van der Waals surface area contributed by atoms with Crippen molar-refractivity contribution in [2.24, 2.45) is 0 Å². The van der Waals surface area contributed by atoms with Crippen molar-refractivity contribution in [1.82, 2.24) is 4.90 Å². The van der Waals surface area contributed by atoms with Crippen molar-refractivity contribution in [3.8, 4) is 11.5 Å². The van der Waals surface area contributed by atoms with Gasteiger partial charge in [-0.25, -0.2) is 0 Å². The number of nitrogens with zero attached hydrogens (tertiary/aromatic N) is 1. The Morgan fingerprint density at radius 1 is 1.12 bits per heavy atom. The number of methoxy groups -OCH3 is 2. The molecule has 0 unspecified atom stereocenters. The average molecular weight is 349 g/mol. The van der Waals surface area contributed by atoms with Crippen molar-refractivity contribution < 1.29 is 14.3 Å². The Bertz CT molecular complexity index is 706. The van der Waals surface area contributed by atoms with E-state index in [1.54, 1.807) is 32.4 Å². The van der Waals surface area contributed by atoms with E-state index in [1.807, 2.05) is 36.2 Å². The summed E-state index contributed by atoms with van der Waals surface area (Å²) in [4.78, 5) is 14.1. The third-order valence-corrected chi connectivity index (χ3v) is 3.66. The van der Waals surface area contributed by atoms with Crippen LogP contribution < -0.4 is 14.8 Å². The zero-order valence-corrected chi connectivity index (χ0v) is 14.8. The quantitative estimate of drug-likeness (QED) is 0.833. The van der Waals surface area contributed by atoms with Crippen LogP contribution in [0.25, 0.3) is 0 Å². The number of rotatable bonds is 7. The minimum Gasteiger partial charge on any atom is -0.493 e. The summed E-state index contributed by atoms with van der Waals surface area (Å²) in [6.45, 7) is 0.904. The molecular formula is C18H21ClN2O3. The molecule has 0 aliphatic rings. The number of benzene rings is 2. The molecule has 0 saturated carbocycles. The molecule has 5 nitrogen and oxygen atoms in total. The van der Waals surface area contributed by atoms with Crippen LogP contribution in [-0.2, 0) is 11.3 Å². The maximum absolute atomic E-state index is 12.2. The van der Waals surface area contributed by atoms with Crippen molar-refractivity contribution in [1.29, 1.82) is 0 Å². The molecule has 0 atom stereocenters. The van der Waals surface area contributed by atoms with E-state index in [2.05, 4.69) is 5.32 Å². The Kier molecular flexibility index (Phi) is 6.46. The Morgan fingerprint density at radius 3 is 2.54 bits per heavy atom. The fourth-order valence-electron chi connectivity index (χ4n) is 2.36. The molecule has 0 bridgehead atoms. The standard InChI is InChI=1S/C18H21ClN2O3/c1-21(11-13-5-4-6-14(19)9-13)12-18(22)20-15-7-8-16(23-2)17(10-15)24-3/h4-10H,11-12H2,1-3H3,(H,20,22). The SMILES string of the molecule is COc1ccc(NC(=O)CN(C)Cc2cccc(Cl)c2)cc1OC. The number of anilines is 1.